The van der Waals surface area contributed by atoms with E-state index >= 15 is 0 Å². The predicted molar refractivity (Wildman–Crippen MR) is 84.6 cm³/mol. The minimum absolute atomic E-state index is 0.235. The quantitative estimate of drug-likeness (QED) is 0.801. The topological polar surface area (TPSA) is 80.9 Å². The van der Waals surface area contributed by atoms with E-state index in [0.717, 1.165) is 11.1 Å². The van der Waals surface area contributed by atoms with Crippen molar-refractivity contribution >= 4 is 5.91 Å². The second-order valence-corrected chi connectivity index (χ2v) is 5.26. The Labute approximate surface area is 133 Å². The summed E-state index contributed by atoms with van der Waals surface area (Å²) in [5.74, 6) is 0.626. The van der Waals surface area contributed by atoms with Gasteiger partial charge in [-0.15, -0.1) is 0 Å². The van der Waals surface area contributed by atoms with Gasteiger partial charge in [-0.05, 0) is 26.0 Å². The first-order valence-corrected chi connectivity index (χ1v) is 7.25. The maximum absolute atomic E-state index is 12.1. The molecule has 2 heterocycles. The summed E-state index contributed by atoms with van der Waals surface area (Å²) in [5, 5.41) is 6.78. The first-order valence-electron chi connectivity index (χ1n) is 7.25. The van der Waals surface area contributed by atoms with Crippen molar-refractivity contribution in [3.05, 3.63) is 65.8 Å². The van der Waals surface area contributed by atoms with Crippen LogP contribution in [0.25, 0.3) is 11.4 Å². The summed E-state index contributed by atoms with van der Waals surface area (Å²) in [4.78, 5) is 20.4. The van der Waals surface area contributed by atoms with Crippen LogP contribution in [0.4, 0.5) is 0 Å². The first-order chi connectivity index (χ1) is 11.1. The van der Waals surface area contributed by atoms with Crippen LogP contribution in [0, 0.1) is 6.92 Å². The van der Waals surface area contributed by atoms with Gasteiger partial charge >= 0.3 is 0 Å². The fourth-order valence-corrected chi connectivity index (χ4v) is 2.07. The van der Waals surface area contributed by atoms with E-state index in [1.807, 2.05) is 31.2 Å². The van der Waals surface area contributed by atoms with Crippen LogP contribution in [0.15, 0.2) is 53.3 Å². The van der Waals surface area contributed by atoms with Gasteiger partial charge in [-0.3, -0.25) is 9.78 Å². The van der Waals surface area contributed by atoms with Gasteiger partial charge in [-0.1, -0.05) is 35.0 Å². The molecule has 1 aromatic carbocycles. The Morgan fingerprint density at radius 3 is 2.70 bits per heavy atom. The molecule has 3 rings (SSSR count). The van der Waals surface area contributed by atoms with Crippen molar-refractivity contribution in [3.8, 4) is 11.4 Å². The number of carbonyl (C=O) groups is 1. The Balaban J connectivity index is 1.72. The molecule has 0 aliphatic heterocycles. The smallest absolute Gasteiger partial charge is 0.253 e. The lowest BCUT2D eigenvalue weighted by Crippen LogP contribution is -2.26. The lowest BCUT2D eigenvalue weighted by atomic mass is 10.1. The monoisotopic (exact) mass is 308 g/mol. The molecule has 0 saturated carbocycles. The Morgan fingerprint density at radius 1 is 1.22 bits per heavy atom. The van der Waals surface area contributed by atoms with Gasteiger partial charge in [0.2, 0.25) is 11.7 Å². The van der Waals surface area contributed by atoms with Crippen LogP contribution in [0.5, 0.6) is 0 Å². The van der Waals surface area contributed by atoms with Crippen LogP contribution in [0.2, 0.25) is 0 Å². The fourth-order valence-electron chi connectivity index (χ4n) is 2.07. The van der Waals surface area contributed by atoms with Crippen LogP contribution >= 0.6 is 0 Å². The molecule has 1 unspecified atom stereocenters. The van der Waals surface area contributed by atoms with Gasteiger partial charge in [0.1, 0.15) is 6.04 Å². The zero-order chi connectivity index (χ0) is 16.2. The number of nitrogens with zero attached hydrogens (tertiary/aromatic N) is 3. The first kappa shape index (κ1) is 14.9. The van der Waals surface area contributed by atoms with E-state index in [9.17, 15) is 4.79 Å². The molecule has 0 saturated heterocycles. The van der Waals surface area contributed by atoms with E-state index in [4.69, 9.17) is 4.52 Å². The number of aryl methyl sites for hydroxylation is 1. The van der Waals surface area contributed by atoms with Crippen LogP contribution < -0.4 is 5.32 Å². The van der Waals surface area contributed by atoms with E-state index in [0.29, 0.717) is 17.3 Å². The van der Waals surface area contributed by atoms with Crippen molar-refractivity contribution in [1.82, 2.24) is 20.4 Å². The van der Waals surface area contributed by atoms with Gasteiger partial charge in [-0.2, -0.15) is 4.98 Å². The van der Waals surface area contributed by atoms with Crippen molar-refractivity contribution in [1.29, 1.82) is 0 Å². The normalized spacial score (nSPS) is 11.9. The third-order valence-corrected chi connectivity index (χ3v) is 3.39. The number of hydrogen-bond donors (Lipinski definition) is 1. The summed E-state index contributed by atoms with van der Waals surface area (Å²) in [6, 6.07) is 10.8. The number of hydrogen-bond acceptors (Lipinski definition) is 5. The molecule has 116 valence electrons. The lowest BCUT2D eigenvalue weighted by molar-refractivity contribution is 0.0932. The molecule has 6 heteroatoms. The molecular formula is C17H16N4O2. The summed E-state index contributed by atoms with van der Waals surface area (Å²) in [5.41, 5.74) is 2.52. The van der Waals surface area contributed by atoms with Crippen LogP contribution in [-0.4, -0.2) is 21.0 Å². The maximum atomic E-state index is 12.1. The summed E-state index contributed by atoms with van der Waals surface area (Å²) in [7, 11) is 0. The molecule has 3 aromatic rings. The summed E-state index contributed by atoms with van der Waals surface area (Å²) < 4.78 is 5.26. The molecular weight excluding hydrogens is 292 g/mol. The lowest BCUT2D eigenvalue weighted by Gasteiger charge is -2.09. The Bertz CT molecular complexity index is 797. The number of carbonyl (C=O) groups excluding carboxylic acids is 1. The minimum Gasteiger partial charge on any atom is -0.340 e. The maximum Gasteiger partial charge on any atom is 0.253 e. The highest BCUT2D eigenvalue weighted by Crippen LogP contribution is 2.19. The number of aromatic nitrogens is 3. The van der Waals surface area contributed by atoms with Crippen molar-refractivity contribution in [2.45, 2.75) is 19.9 Å². The summed E-state index contributed by atoms with van der Waals surface area (Å²) in [6.07, 6.45) is 3.12. The van der Waals surface area contributed by atoms with E-state index < -0.39 is 6.04 Å². The number of benzene rings is 1. The van der Waals surface area contributed by atoms with Crippen molar-refractivity contribution < 1.29 is 9.32 Å². The van der Waals surface area contributed by atoms with Gasteiger partial charge in [-0.25, -0.2) is 0 Å². The second-order valence-electron chi connectivity index (χ2n) is 5.26. The van der Waals surface area contributed by atoms with Gasteiger partial charge in [0, 0.05) is 18.0 Å². The highest BCUT2D eigenvalue weighted by atomic mass is 16.5. The van der Waals surface area contributed by atoms with Crippen molar-refractivity contribution in [2.75, 3.05) is 0 Å². The molecule has 1 N–H and O–H groups in total. The predicted octanol–water partition coefficient (Wildman–Crippen LogP) is 2.93. The highest BCUT2D eigenvalue weighted by molar-refractivity contribution is 5.93. The Morgan fingerprint density at radius 2 is 2.00 bits per heavy atom. The fraction of sp³-hybridized carbons (Fsp3) is 0.176. The number of nitrogens with one attached hydrogen (secondary N) is 1. The number of rotatable bonds is 4. The van der Waals surface area contributed by atoms with Gasteiger partial charge in [0.15, 0.2) is 0 Å². The number of amides is 1. The van der Waals surface area contributed by atoms with Crippen molar-refractivity contribution in [3.63, 3.8) is 0 Å². The van der Waals surface area contributed by atoms with Crippen LogP contribution in [0.1, 0.15) is 34.8 Å². The molecule has 23 heavy (non-hydrogen) atoms. The highest BCUT2D eigenvalue weighted by Gasteiger charge is 2.18. The molecule has 1 amide bonds. The molecule has 6 nitrogen and oxygen atoms in total. The van der Waals surface area contributed by atoms with Gasteiger partial charge in [0.05, 0.1) is 5.56 Å². The van der Waals surface area contributed by atoms with Gasteiger partial charge in [0.25, 0.3) is 5.91 Å². The zero-order valence-electron chi connectivity index (χ0n) is 12.9. The molecule has 1 atom stereocenters. The molecule has 0 fully saturated rings. The molecule has 0 spiro atoms. The average Bonchev–Trinajstić information content (AvgIpc) is 3.06. The van der Waals surface area contributed by atoms with Crippen LogP contribution in [0.3, 0.4) is 0 Å². The van der Waals surface area contributed by atoms with Crippen molar-refractivity contribution in [2.24, 2.45) is 0 Å². The minimum atomic E-state index is -0.394. The van der Waals surface area contributed by atoms with E-state index in [-0.39, 0.29) is 5.91 Å². The van der Waals surface area contributed by atoms with E-state index in [2.05, 4.69) is 20.4 Å². The average molecular weight is 308 g/mol. The summed E-state index contributed by atoms with van der Waals surface area (Å²) >= 11 is 0. The zero-order valence-corrected chi connectivity index (χ0v) is 12.9. The molecule has 2 aromatic heterocycles. The standard InChI is InChI=1S/C17H16N4O2/c1-11-5-7-13(8-6-11)15-20-17(23-21-15)12(2)19-16(22)14-4-3-9-18-10-14/h3-10,12H,1-2H3,(H,19,22). The molecule has 0 radical (unpaired) electrons. The van der Waals surface area contributed by atoms with E-state index in [1.165, 1.54) is 6.20 Å². The SMILES string of the molecule is Cc1ccc(-c2noc(C(C)NC(=O)c3cccnc3)n2)cc1. The van der Waals surface area contributed by atoms with Crippen LogP contribution in [-0.2, 0) is 0 Å². The summed E-state index contributed by atoms with van der Waals surface area (Å²) in [6.45, 7) is 3.81. The third-order valence-electron chi connectivity index (χ3n) is 3.39. The third kappa shape index (κ3) is 3.42. The second kappa shape index (κ2) is 6.39. The van der Waals surface area contributed by atoms with E-state index in [1.54, 1.807) is 25.3 Å². The molecule has 0 bridgehead atoms. The number of pyridine rings is 1. The van der Waals surface area contributed by atoms with Gasteiger partial charge < -0.3 is 9.84 Å². The Hall–Kier alpha value is -3.02. The molecule has 0 aliphatic rings. The molecule has 0 aliphatic carbocycles. The Kier molecular flexibility index (Phi) is 4.14. The largest absolute Gasteiger partial charge is 0.340 e.